The van der Waals surface area contributed by atoms with Gasteiger partial charge >= 0.3 is 0 Å². The molecule has 0 aliphatic rings. The second kappa shape index (κ2) is 8.85. The number of amides is 1. The Bertz CT molecular complexity index is 805. The molecule has 0 fully saturated rings. The number of non-ortho nitro benzene ring substituents is 1. The molecule has 0 spiro atoms. The molecule has 1 N–H and O–H groups in total. The first-order valence-corrected chi connectivity index (χ1v) is 9.59. The summed E-state index contributed by atoms with van der Waals surface area (Å²) in [6, 6.07) is 12.6. The van der Waals surface area contributed by atoms with Crippen molar-refractivity contribution in [1.82, 2.24) is 0 Å². The Kier molecular flexibility index (Phi) is 6.80. The molecule has 1 amide bonds. The average molecular weight is 372 g/mol. The zero-order chi connectivity index (χ0) is 19.3. The fraction of sp³-hybridized carbons (Fsp3) is 0.350. The van der Waals surface area contributed by atoms with Crippen LogP contribution in [0.3, 0.4) is 0 Å². The van der Waals surface area contributed by atoms with E-state index in [1.165, 1.54) is 17.8 Å². The van der Waals surface area contributed by atoms with Crippen molar-refractivity contribution in [3.05, 3.63) is 69.3 Å². The molecule has 2 rings (SSSR count). The van der Waals surface area contributed by atoms with Gasteiger partial charge in [0.15, 0.2) is 0 Å². The summed E-state index contributed by atoms with van der Waals surface area (Å²) in [6.07, 6.45) is 0. The molecule has 0 saturated carbocycles. The number of hydrogen-bond donors (Lipinski definition) is 1. The maximum absolute atomic E-state index is 12.4. The SMILES string of the molecule is Cc1cccc(C(C)C)c1NC(=O)CS[C@@H](C)c1cccc([N+](=O)[O-])c1. The van der Waals surface area contributed by atoms with Gasteiger partial charge in [0.1, 0.15) is 0 Å². The number of rotatable bonds is 7. The van der Waals surface area contributed by atoms with E-state index in [-0.39, 0.29) is 22.6 Å². The van der Waals surface area contributed by atoms with Gasteiger partial charge in [-0.3, -0.25) is 14.9 Å². The maximum atomic E-state index is 12.4. The number of nitro benzene ring substituents is 1. The fourth-order valence-electron chi connectivity index (χ4n) is 2.71. The Morgan fingerprint density at radius 2 is 1.88 bits per heavy atom. The van der Waals surface area contributed by atoms with Gasteiger partial charge in [0.25, 0.3) is 5.69 Å². The molecule has 26 heavy (non-hydrogen) atoms. The number of carbonyl (C=O) groups is 1. The van der Waals surface area contributed by atoms with Crippen molar-refractivity contribution >= 4 is 29.0 Å². The minimum Gasteiger partial charge on any atom is -0.325 e. The molecule has 0 heterocycles. The molecule has 2 aromatic rings. The highest BCUT2D eigenvalue weighted by molar-refractivity contribution is 8.00. The van der Waals surface area contributed by atoms with Crippen LogP contribution in [0.1, 0.15) is 48.6 Å². The molecule has 0 bridgehead atoms. The largest absolute Gasteiger partial charge is 0.325 e. The number of aryl methyl sites for hydroxylation is 1. The number of nitrogens with zero attached hydrogens (tertiary/aromatic N) is 1. The standard InChI is InChI=1S/C20H24N2O3S/c1-13(2)18-10-5-7-14(3)20(18)21-19(23)12-26-15(4)16-8-6-9-17(11-16)22(24)25/h5-11,13,15H,12H2,1-4H3,(H,21,23)/t15-/m0/s1. The number of nitrogens with one attached hydrogen (secondary N) is 1. The molecule has 0 saturated heterocycles. The van der Waals surface area contributed by atoms with Crippen molar-refractivity contribution < 1.29 is 9.72 Å². The fourth-order valence-corrected chi connectivity index (χ4v) is 3.52. The lowest BCUT2D eigenvalue weighted by Crippen LogP contribution is -2.17. The van der Waals surface area contributed by atoms with E-state index in [9.17, 15) is 14.9 Å². The first kappa shape index (κ1) is 20.0. The lowest BCUT2D eigenvalue weighted by Gasteiger charge is -2.17. The number of benzene rings is 2. The predicted molar refractivity (Wildman–Crippen MR) is 108 cm³/mol. The van der Waals surface area contributed by atoms with Gasteiger partial charge < -0.3 is 5.32 Å². The minimum atomic E-state index is -0.404. The third kappa shape index (κ3) is 5.08. The summed E-state index contributed by atoms with van der Waals surface area (Å²) in [5.74, 6) is 0.542. The number of thioether (sulfide) groups is 1. The first-order chi connectivity index (χ1) is 12.3. The molecule has 0 aliphatic carbocycles. The molecule has 0 aromatic heterocycles. The summed E-state index contributed by atoms with van der Waals surface area (Å²) < 4.78 is 0. The Balaban J connectivity index is 2.01. The Morgan fingerprint density at radius 1 is 1.19 bits per heavy atom. The van der Waals surface area contributed by atoms with Crippen LogP contribution in [0.4, 0.5) is 11.4 Å². The smallest absolute Gasteiger partial charge is 0.269 e. The van der Waals surface area contributed by atoms with E-state index < -0.39 is 4.92 Å². The number of hydrogen-bond acceptors (Lipinski definition) is 4. The normalized spacial score (nSPS) is 12.0. The van der Waals surface area contributed by atoms with Crippen LogP contribution in [-0.2, 0) is 4.79 Å². The molecule has 0 aliphatic heterocycles. The molecular weight excluding hydrogens is 348 g/mol. The molecule has 138 valence electrons. The predicted octanol–water partition coefficient (Wildman–Crippen LogP) is 5.46. The van der Waals surface area contributed by atoms with Gasteiger partial charge in [-0.25, -0.2) is 0 Å². The number of carbonyl (C=O) groups excluding carboxylic acids is 1. The highest BCUT2D eigenvalue weighted by Crippen LogP contribution is 2.31. The molecule has 5 nitrogen and oxygen atoms in total. The van der Waals surface area contributed by atoms with Gasteiger partial charge in [0.05, 0.1) is 10.7 Å². The van der Waals surface area contributed by atoms with Crippen LogP contribution in [0.2, 0.25) is 0 Å². The number of para-hydroxylation sites is 1. The molecule has 0 radical (unpaired) electrons. The second-order valence-corrected chi connectivity index (χ2v) is 7.88. The lowest BCUT2D eigenvalue weighted by molar-refractivity contribution is -0.384. The highest BCUT2D eigenvalue weighted by Gasteiger charge is 2.15. The van der Waals surface area contributed by atoms with Crippen molar-refractivity contribution in [2.24, 2.45) is 0 Å². The van der Waals surface area contributed by atoms with Crippen molar-refractivity contribution in [1.29, 1.82) is 0 Å². The quantitative estimate of drug-likeness (QED) is 0.517. The molecule has 6 heteroatoms. The zero-order valence-electron chi connectivity index (χ0n) is 15.5. The minimum absolute atomic E-state index is 0.0120. The third-order valence-electron chi connectivity index (χ3n) is 4.21. The van der Waals surface area contributed by atoms with Crippen molar-refractivity contribution in [3.8, 4) is 0 Å². The van der Waals surface area contributed by atoms with E-state index in [2.05, 4.69) is 19.2 Å². The highest BCUT2D eigenvalue weighted by atomic mass is 32.2. The van der Waals surface area contributed by atoms with Crippen LogP contribution < -0.4 is 5.32 Å². The Hall–Kier alpha value is -2.34. The Labute approximate surface area is 158 Å². The Morgan fingerprint density at radius 3 is 2.54 bits per heavy atom. The zero-order valence-corrected chi connectivity index (χ0v) is 16.3. The summed E-state index contributed by atoms with van der Waals surface area (Å²) in [5, 5.41) is 13.9. The van der Waals surface area contributed by atoms with Crippen LogP contribution in [0.25, 0.3) is 0 Å². The van der Waals surface area contributed by atoms with Crippen molar-refractivity contribution in [2.75, 3.05) is 11.1 Å². The van der Waals surface area contributed by atoms with E-state index in [0.717, 1.165) is 22.4 Å². The van der Waals surface area contributed by atoms with Gasteiger partial charge in [-0.05, 0) is 36.5 Å². The van der Waals surface area contributed by atoms with Gasteiger partial charge in [-0.1, -0.05) is 44.2 Å². The van der Waals surface area contributed by atoms with Crippen LogP contribution in [0, 0.1) is 17.0 Å². The van der Waals surface area contributed by atoms with E-state index in [4.69, 9.17) is 0 Å². The van der Waals surface area contributed by atoms with E-state index in [1.54, 1.807) is 12.1 Å². The molecular formula is C20H24N2O3S. The number of nitro groups is 1. The van der Waals surface area contributed by atoms with E-state index >= 15 is 0 Å². The van der Waals surface area contributed by atoms with Crippen molar-refractivity contribution in [2.45, 2.75) is 38.9 Å². The topological polar surface area (TPSA) is 72.2 Å². The van der Waals surface area contributed by atoms with Gasteiger partial charge in [-0.15, -0.1) is 11.8 Å². The summed E-state index contributed by atoms with van der Waals surface area (Å²) in [7, 11) is 0. The lowest BCUT2D eigenvalue weighted by atomic mass is 9.98. The summed E-state index contributed by atoms with van der Waals surface area (Å²) in [4.78, 5) is 22.9. The summed E-state index contributed by atoms with van der Waals surface area (Å²) >= 11 is 1.46. The summed E-state index contributed by atoms with van der Waals surface area (Å²) in [6.45, 7) is 8.14. The number of anilines is 1. The monoisotopic (exact) mass is 372 g/mol. The van der Waals surface area contributed by atoms with Gasteiger partial charge in [0, 0.05) is 23.1 Å². The third-order valence-corrected chi connectivity index (χ3v) is 5.41. The van der Waals surface area contributed by atoms with Crippen molar-refractivity contribution in [3.63, 3.8) is 0 Å². The van der Waals surface area contributed by atoms with E-state index in [0.29, 0.717) is 5.92 Å². The first-order valence-electron chi connectivity index (χ1n) is 8.55. The maximum Gasteiger partial charge on any atom is 0.269 e. The molecule has 0 unspecified atom stereocenters. The molecule has 2 aromatic carbocycles. The van der Waals surface area contributed by atoms with Crippen LogP contribution in [0.5, 0.6) is 0 Å². The van der Waals surface area contributed by atoms with Crippen LogP contribution in [-0.4, -0.2) is 16.6 Å². The molecule has 1 atom stereocenters. The average Bonchev–Trinajstić information content (AvgIpc) is 2.61. The van der Waals surface area contributed by atoms with Gasteiger partial charge in [0.2, 0.25) is 5.91 Å². The van der Waals surface area contributed by atoms with Gasteiger partial charge in [-0.2, -0.15) is 0 Å². The van der Waals surface area contributed by atoms with Crippen LogP contribution in [0.15, 0.2) is 42.5 Å². The second-order valence-electron chi connectivity index (χ2n) is 6.55. The van der Waals surface area contributed by atoms with E-state index in [1.807, 2.05) is 38.1 Å². The van der Waals surface area contributed by atoms with Crippen LogP contribution >= 0.6 is 11.8 Å². The summed E-state index contributed by atoms with van der Waals surface area (Å²) in [5.41, 5.74) is 3.96.